The van der Waals surface area contributed by atoms with Gasteiger partial charge in [-0.2, -0.15) is 5.10 Å². The zero-order valence-corrected chi connectivity index (χ0v) is 14.9. The number of benzene rings is 2. The number of hydrogen-bond acceptors (Lipinski definition) is 5. The molecular formula is C18H13ClFN5S. The molecule has 0 aliphatic carbocycles. The number of rotatable bonds is 3. The molecule has 0 aliphatic rings. The van der Waals surface area contributed by atoms with E-state index in [1.54, 1.807) is 17.4 Å². The van der Waals surface area contributed by atoms with Gasteiger partial charge < -0.3 is 16.9 Å². The van der Waals surface area contributed by atoms with Gasteiger partial charge in [0.05, 0.1) is 5.52 Å². The highest BCUT2D eigenvalue weighted by Gasteiger charge is 2.12. The number of fused-ring (bicyclic) bond motifs is 3. The van der Waals surface area contributed by atoms with Gasteiger partial charge in [-0.05, 0) is 35.7 Å². The molecule has 5 N–H and O–H groups in total. The maximum atomic E-state index is 13.6. The van der Waals surface area contributed by atoms with E-state index in [0.29, 0.717) is 22.1 Å². The number of pyridine rings is 1. The van der Waals surface area contributed by atoms with Crippen molar-refractivity contribution < 1.29 is 4.39 Å². The van der Waals surface area contributed by atoms with Crippen molar-refractivity contribution in [1.29, 1.82) is 0 Å². The lowest BCUT2D eigenvalue weighted by molar-refractivity contribution is 0.628. The minimum Gasteiger partial charge on any atom is -0.382 e. The number of anilines is 2. The van der Waals surface area contributed by atoms with Crippen LogP contribution in [0.25, 0.3) is 21.0 Å². The second-order valence-electron chi connectivity index (χ2n) is 5.65. The Morgan fingerprint density at radius 1 is 1.15 bits per heavy atom. The minimum atomic E-state index is -0.420. The van der Waals surface area contributed by atoms with Crippen LogP contribution in [0, 0.1) is 5.82 Å². The molecule has 0 fully saturated rings. The lowest BCUT2D eigenvalue weighted by Gasteiger charge is -2.11. The zero-order chi connectivity index (χ0) is 18.3. The van der Waals surface area contributed by atoms with Gasteiger partial charge in [-0.3, -0.25) is 0 Å². The SMILES string of the molecule is N/N=C(\N)c1ccc2c(c1)nc(Nc1cc(F)cc(Cl)c1)c1ccsc12. The summed E-state index contributed by atoms with van der Waals surface area (Å²) >= 11 is 7.54. The molecule has 0 aliphatic heterocycles. The summed E-state index contributed by atoms with van der Waals surface area (Å²) in [4.78, 5) is 4.69. The Bertz CT molecular complexity index is 1150. The summed E-state index contributed by atoms with van der Waals surface area (Å²) in [6.45, 7) is 0. The number of hydrazone groups is 1. The monoisotopic (exact) mass is 385 g/mol. The van der Waals surface area contributed by atoms with Gasteiger partial charge in [0.1, 0.15) is 17.5 Å². The summed E-state index contributed by atoms with van der Waals surface area (Å²) in [6, 6.07) is 11.9. The van der Waals surface area contributed by atoms with Crippen molar-refractivity contribution >= 4 is 61.3 Å². The normalized spacial score (nSPS) is 12.0. The van der Waals surface area contributed by atoms with Gasteiger partial charge in [0, 0.05) is 31.7 Å². The Hall–Kier alpha value is -2.90. The van der Waals surface area contributed by atoms with Gasteiger partial charge in [-0.1, -0.05) is 23.7 Å². The molecule has 0 atom stereocenters. The summed E-state index contributed by atoms with van der Waals surface area (Å²) in [5.74, 6) is 5.68. The standard InChI is InChI=1S/C18H13ClFN5S/c19-10-6-11(20)8-12(7-10)23-18-14-3-4-26-16(14)13-2-1-9(17(21)25-22)5-15(13)24-18/h1-8H,22H2,(H2,21,25)(H,23,24). The quantitative estimate of drug-likeness (QED) is 0.208. The molecule has 0 bridgehead atoms. The predicted octanol–water partition coefficient (Wildman–Crippen LogP) is 4.56. The van der Waals surface area contributed by atoms with Crippen LogP contribution >= 0.6 is 22.9 Å². The van der Waals surface area contributed by atoms with E-state index in [0.717, 1.165) is 21.0 Å². The number of aromatic nitrogens is 1. The van der Waals surface area contributed by atoms with Crippen molar-refractivity contribution in [1.82, 2.24) is 4.98 Å². The molecule has 0 spiro atoms. The van der Waals surface area contributed by atoms with Crippen LogP contribution in [0.5, 0.6) is 0 Å². The van der Waals surface area contributed by atoms with Crippen LogP contribution in [-0.4, -0.2) is 10.8 Å². The fourth-order valence-electron chi connectivity index (χ4n) is 2.79. The predicted molar refractivity (Wildman–Crippen MR) is 107 cm³/mol. The van der Waals surface area contributed by atoms with Crippen molar-refractivity contribution in [3.8, 4) is 0 Å². The van der Waals surface area contributed by atoms with E-state index in [2.05, 4.69) is 15.4 Å². The van der Waals surface area contributed by atoms with E-state index >= 15 is 0 Å². The van der Waals surface area contributed by atoms with Crippen LogP contribution in [0.3, 0.4) is 0 Å². The van der Waals surface area contributed by atoms with Crippen LogP contribution in [-0.2, 0) is 0 Å². The first-order valence-corrected chi connectivity index (χ1v) is 8.89. The van der Waals surface area contributed by atoms with Crippen LogP contribution in [0.15, 0.2) is 52.9 Å². The number of nitrogens with two attached hydrogens (primary N) is 2. The Kier molecular flexibility index (Phi) is 4.10. The number of nitrogens with zero attached hydrogens (tertiary/aromatic N) is 2. The van der Waals surface area contributed by atoms with Crippen molar-refractivity contribution in [3.05, 3.63) is 64.2 Å². The molecule has 8 heteroatoms. The van der Waals surface area contributed by atoms with Crippen LogP contribution in [0.4, 0.5) is 15.9 Å². The minimum absolute atomic E-state index is 0.228. The third-order valence-electron chi connectivity index (χ3n) is 3.96. The fraction of sp³-hybridized carbons (Fsp3) is 0. The Labute approximate surface area is 157 Å². The van der Waals surface area contributed by atoms with Crippen molar-refractivity contribution in [2.75, 3.05) is 5.32 Å². The highest BCUT2D eigenvalue weighted by molar-refractivity contribution is 7.18. The topological polar surface area (TPSA) is 89.3 Å². The van der Waals surface area contributed by atoms with E-state index < -0.39 is 5.82 Å². The molecule has 2 aromatic heterocycles. The third kappa shape index (κ3) is 2.91. The van der Waals surface area contributed by atoms with Gasteiger partial charge in [0.25, 0.3) is 0 Å². The smallest absolute Gasteiger partial charge is 0.150 e. The number of thiophene rings is 1. The maximum absolute atomic E-state index is 13.6. The van der Waals surface area contributed by atoms with Gasteiger partial charge >= 0.3 is 0 Å². The lowest BCUT2D eigenvalue weighted by Crippen LogP contribution is -2.15. The second-order valence-corrected chi connectivity index (χ2v) is 7.01. The first-order valence-electron chi connectivity index (χ1n) is 7.63. The molecular weight excluding hydrogens is 373 g/mol. The summed E-state index contributed by atoms with van der Waals surface area (Å²) in [5, 5.41) is 10.9. The molecule has 0 radical (unpaired) electrons. The van der Waals surface area contributed by atoms with Gasteiger partial charge in [-0.15, -0.1) is 11.3 Å². The van der Waals surface area contributed by atoms with E-state index in [-0.39, 0.29) is 5.84 Å². The molecule has 2 aromatic carbocycles. The summed E-state index contributed by atoms with van der Waals surface area (Å²) < 4.78 is 14.7. The first kappa shape index (κ1) is 16.6. The number of amidine groups is 1. The second kappa shape index (κ2) is 6.44. The fourth-order valence-corrected chi connectivity index (χ4v) is 3.95. The van der Waals surface area contributed by atoms with Crippen molar-refractivity contribution in [3.63, 3.8) is 0 Å². The molecule has 0 saturated heterocycles. The number of nitrogens with one attached hydrogen (secondary N) is 1. The van der Waals surface area contributed by atoms with Crippen LogP contribution in [0.1, 0.15) is 5.56 Å². The summed E-state index contributed by atoms with van der Waals surface area (Å²) in [7, 11) is 0. The molecule has 130 valence electrons. The van der Waals surface area contributed by atoms with Crippen LogP contribution < -0.4 is 16.9 Å². The average Bonchev–Trinajstić information content (AvgIpc) is 3.10. The summed E-state index contributed by atoms with van der Waals surface area (Å²) in [5.41, 5.74) is 7.74. The van der Waals surface area contributed by atoms with Gasteiger partial charge in [0.2, 0.25) is 0 Å². The van der Waals surface area contributed by atoms with Crippen LogP contribution in [0.2, 0.25) is 5.02 Å². The molecule has 4 rings (SSSR count). The Morgan fingerprint density at radius 2 is 2.00 bits per heavy atom. The average molecular weight is 386 g/mol. The summed E-state index contributed by atoms with van der Waals surface area (Å²) in [6.07, 6.45) is 0. The van der Waals surface area contributed by atoms with E-state index in [1.165, 1.54) is 12.1 Å². The first-order chi connectivity index (χ1) is 12.5. The van der Waals surface area contributed by atoms with E-state index in [4.69, 9.17) is 23.2 Å². The van der Waals surface area contributed by atoms with Crippen molar-refractivity contribution in [2.24, 2.45) is 16.7 Å². The molecule has 0 amide bonds. The number of hydrogen-bond donors (Lipinski definition) is 3. The maximum Gasteiger partial charge on any atom is 0.150 e. The van der Waals surface area contributed by atoms with Gasteiger partial charge in [0.15, 0.2) is 0 Å². The van der Waals surface area contributed by atoms with E-state index in [9.17, 15) is 4.39 Å². The van der Waals surface area contributed by atoms with Crippen molar-refractivity contribution in [2.45, 2.75) is 0 Å². The molecule has 0 saturated carbocycles. The molecule has 26 heavy (non-hydrogen) atoms. The molecule has 0 unspecified atom stereocenters. The zero-order valence-electron chi connectivity index (χ0n) is 13.3. The van der Waals surface area contributed by atoms with E-state index in [1.807, 2.05) is 29.6 Å². The Morgan fingerprint density at radius 3 is 2.77 bits per heavy atom. The molecule has 4 aromatic rings. The molecule has 5 nitrogen and oxygen atoms in total. The van der Waals surface area contributed by atoms with Gasteiger partial charge in [-0.25, -0.2) is 9.37 Å². The molecule has 2 heterocycles. The lowest BCUT2D eigenvalue weighted by atomic mass is 10.1. The highest BCUT2D eigenvalue weighted by Crippen LogP contribution is 2.35. The third-order valence-corrected chi connectivity index (χ3v) is 5.12. The number of halogens is 2. The highest BCUT2D eigenvalue weighted by atomic mass is 35.5. The Balaban J connectivity index is 1.90. The largest absolute Gasteiger partial charge is 0.382 e.